The number of nitrogens with one attached hydrogen (secondary N) is 1. The molecule has 2 nitrogen and oxygen atoms in total. The fourth-order valence-corrected chi connectivity index (χ4v) is 4.21. The molecule has 3 heteroatoms. The Morgan fingerprint density at radius 1 is 1.27 bits per heavy atom. The standard InChI is InChI=1S/C12H18ClNO/c13-4-1-5-14-12(15)11-9-7-2-3-8(6-7)10(9)11/h7-11H,1-6H2,(H,14,15). The highest BCUT2D eigenvalue weighted by atomic mass is 35.5. The molecule has 3 aliphatic carbocycles. The highest BCUT2D eigenvalue weighted by molar-refractivity contribution is 6.17. The van der Waals surface area contributed by atoms with Gasteiger partial charge in [0, 0.05) is 18.3 Å². The second kappa shape index (κ2) is 3.65. The number of fused-ring (bicyclic) bond motifs is 5. The van der Waals surface area contributed by atoms with Crippen LogP contribution in [0.4, 0.5) is 0 Å². The van der Waals surface area contributed by atoms with Crippen molar-refractivity contribution in [2.75, 3.05) is 12.4 Å². The minimum Gasteiger partial charge on any atom is -0.356 e. The molecule has 0 heterocycles. The van der Waals surface area contributed by atoms with Crippen molar-refractivity contribution in [3.63, 3.8) is 0 Å². The first-order chi connectivity index (χ1) is 7.33. The molecule has 0 radical (unpaired) electrons. The molecule has 4 unspecified atom stereocenters. The van der Waals surface area contributed by atoms with Gasteiger partial charge in [-0.1, -0.05) is 0 Å². The Balaban J connectivity index is 1.52. The predicted octanol–water partition coefficient (Wildman–Crippen LogP) is 2.02. The molecule has 0 aromatic heterocycles. The molecule has 1 amide bonds. The summed E-state index contributed by atoms with van der Waals surface area (Å²) in [6.07, 6.45) is 5.08. The van der Waals surface area contributed by atoms with Gasteiger partial charge in [-0.15, -0.1) is 11.6 Å². The molecule has 3 saturated carbocycles. The molecular formula is C12H18ClNO. The average Bonchev–Trinajstić information content (AvgIpc) is 2.68. The van der Waals surface area contributed by atoms with Gasteiger partial charge in [-0.3, -0.25) is 4.79 Å². The van der Waals surface area contributed by atoms with E-state index in [0.29, 0.717) is 17.7 Å². The van der Waals surface area contributed by atoms with E-state index in [4.69, 9.17) is 11.6 Å². The first-order valence-corrected chi connectivity index (χ1v) is 6.70. The van der Waals surface area contributed by atoms with Gasteiger partial charge in [0.15, 0.2) is 0 Å². The van der Waals surface area contributed by atoms with Crippen LogP contribution in [-0.2, 0) is 4.79 Å². The van der Waals surface area contributed by atoms with Crippen LogP contribution < -0.4 is 5.32 Å². The van der Waals surface area contributed by atoms with Gasteiger partial charge in [-0.25, -0.2) is 0 Å². The summed E-state index contributed by atoms with van der Waals surface area (Å²) in [5.74, 6) is 4.65. The Bertz CT molecular complexity index is 265. The van der Waals surface area contributed by atoms with Gasteiger partial charge in [-0.05, 0) is 49.4 Å². The van der Waals surface area contributed by atoms with E-state index in [0.717, 1.165) is 36.6 Å². The van der Waals surface area contributed by atoms with E-state index in [9.17, 15) is 4.79 Å². The van der Waals surface area contributed by atoms with Crippen LogP contribution in [0.15, 0.2) is 0 Å². The number of hydrogen-bond acceptors (Lipinski definition) is 1. The van der Waals surface area contributed by atoms with E-state index in [1.807, 2.05) is 0 Å². The van der Waals surface area contributed by atoms with Crippen LogP contribution in [0, 0.1) is 29.6 Å². The Kier molecular flexibility index (Phi) is 2.42. The second-order valence-electron chi connectivity index (χ2n) is 5.35. The van der Waals surface area contributed by atoms with Crippen molar-refractivity contribution < 1.29 is 4.79 Å². The average molecular weight is 228 g/mol. The lowest BCUT2D eigenvalue weighted by Crippen LogP contribution is -2.28. The van der Waals surface area contributed by atoms with E-state index in [-0.39, 0.29) is 0 Å². The second-order valence-corrected chi connectivity index (χ2v) is 5.73. The maximum absolute atomic E-state index is 11.9. The number of hydrogen-bond donors (Lipinski definition) is 1. The van der Waals surface area contributed by atoms with E-state index in [1.165, 1.54) is 19.3 Å². The van der Waals surface area contributed by atoms with Crippen LogP contribution in [0.2, 0.25) is 0 Å². The SMILES string of the molecule is O=C(NCCCCl)C1C2C3CCC(C3)C12. The van der Waals surface area contributed by atoms with Crippen molar-refractivity contribution in [3.05, 3.63) is 0 Å². The summed E-state index contributed by atoms with van der Waals surface area (Å²) < 4.78 is 0. The molecule has 4 atom stereocenters. The molecule has 1 N–H and O–H groups in total. The summed E-state index contributed by atoms with van der Waals surface area (Å²) in [5.41, 5.74) is 0. The molecule has 84 valence electrons. The predicted molar refractivity (Wildman–Crippen MR) is 59.6 cm³/mol. The number of rotatable bonds is 4. The minimum absolute atomic E-state index is 0.312. The Hall–Kier alpha value is -0.240. The fourth-order valence-electron chi connectivity index (χ4n) is 4.07. The first kappa shape index (κ1) is 9.95. The molecule has 0 aliphatic heterocycles. The zero-order chi connectivity index (χ0) is 10.4. The maximum atomic E-state index is 11.9. The number of alkyl halides is 1. The Morgan fingerprint density at radius 3 is 2.53 bits per heavy atom. The van der Waals surface area contributed by atoms with E-state index in [2.05, 4.69) is 5.32 Å². The maximum Gasteiger partial charge on any atom is 0.223 e. The van der Waals surface area contributed by atoms with Crippen molar-refractivity contribution in [1.29, 1.82) is 0 Å². The lowest BCUT2D eigenvalue weighted by atomic mass is 10.0. The monoisotopic (exact) mass is 227 g/mol. The third kappa shape index (κ3) is 1.49. The van der Waals surface area contributed by atoms with Gasteiger partial charge >= 0.3 is 0 Å². The summed E-state index contributed by atoms with van der Waals surface area (Å²) >= 11 is 5.58. The normalized spacial score (nSPS) is 45.3. The van der Waals surface area contributed by atoms with Crippen LogP contribution in [0.1, 0.15) is 25.7 Å². The lowest BCUT2D eigenvalue weighted by molar-refractivity contribution is -0.123. The summed E-state index contributed by atoms with van der Waals surface area (Å²) in [6, 6.07) is 0. The summed E-state index contributed by atoms with van der Waals surface area (Å²) in [5, 5.41) is 3.02. The molecule has 2 bridgehead atoms. The molecule has 0 spiro atoms. The molecule has 3 fully saturated rings. The molecule has 3 rings (SSSR count). The molecular weight excluding hydrogens is 210 g/mol. The van der Waals surface area contributed by atoms with E-state index >= 15 is 0 Å². The number of carbonyl (C=O) groups excluding carboxylic acids is 1. The highest BCUT2D eigenvalue weighted by Crippen LogP contribution is 2.69. The van der Waals surface area contributed by atoms with Crippen molar-refractivity contribution in [2.45, 2.75) is 25.7 Å². The van der Waals surface area contributed by atoms with E-state index in [1.54, 1.807) is 0 Å². The number of carbonyl (C=O) groups is 1. The highest BCUT2D eigenvalue weighted by Gasteiger charge is 2.67. The quantitative estimate of drug-likeness (QED) is 0.578. The topological polar surface area (TPSA) is 29.1 Å². The van der Waals surface area contributed by atoms with Crippen LogP contribution in [0.25, 0.3) is 0 Å². The van der Waals surface area contributed by atoms with Crippen LogP contribution in [0.3, 0.4) is 0 Å². The molecule has 15 heavy (non-hydrogen) atoms. The fraction of sp³-hybridized carbons (Fsp3) is 0.917. The zero-order valence-corrected chi connectivity index (χ0v) is 9.67. The largest absolute Gasteiger partial charge is 0.356 e. The first-order valence-electron chi connectivity index (χ1n) is 6.16. The third-order valence-corrected chi connectivity index (χ3v) is 4.91. The van der Waals surface area contributed by atoms with Crippen molar-refractivity contribution >= 4 is 17.5 Å². The van der Waals surface area contributed by atoms with Gasteiger partial charge in [0.2, 0.25) is 5.91 Å². The molecule has 0 saturated heterocycles. The van der Waals surface area contributed by atoms with Gasteiger partial charge in [0.1, 0.15) is 0 Å². The third-order valence-electron chi connectivity index (χ3n) is 4.65. The molecule has 0 aromatic carbocycles. The number of halogens is 1. The van der Waals surface area contributed by atoms with Crippen LogP contribution >= 0.6 is 11.6 Å². The van der Waals surface area contributed by atoms with E-state index < -0.39 is 0 Å². The van der Waals surface area contributed by atoms with Gasteiger partial charge in [0.05, 0.1) is 0 Å². The smallest absolute Gasteiger partial charge is 0.223 e. The van der Waals surface area contributed by atoms with Crippen LogP contribution in [-0.4, -0.2) is 18.3 Å². The minimum atomic E-state index is 0.312. The van der Waals surface area contributed by atoms with Crippen molar-refractivity contribution in [2.24, 2.45) is 29.6 Å². The molecule has 0 aromatic rings. The van der Waals surface area contributed by atoms with Gasteiger partial charge in [0.25, 0.3) is 0 Å². The van der Waals surface area contributed by atoms with Crippen molar-refractivity contribution in [1.82, 2.24) is 5.32 Å². The summed E-state index contributed by atoms with van der Waals surface area (Å²) in [4.78, 5) is 11.9. The van der Waals surface area contributed by atoms with Crippen molar-refractivity contribution in [3.8, 4) is 0 Å². The molecule has 3 aliphatic rings. The Labute approximate surface area is 95.8 Å². The van der Waals surface area contributed by atoms with Gasteiger partial charge < -0.3 is 5.32 Å². The summed E-state index contributed by atoms with van der Waals surface area (Å²) in [6.45, 7) is 0.758. The zero-order valence-electron chi connectivity index (χ0n) is 8.92. The lowest BCUT2D eigenvalue weighted by Gasteiger charge is -2.08. The summed E-state index contributed by atoms with van der Waals surface area (Å²) in [7, 11) is 0. The van der Waals surface area contributed by atoms with Crippen LogP contribution in [0.5, 0.6) is 0 Å². The Morgan fingerprint density at radius 2 is 1.93 bits per heavy atom. The number of amides is 1. The van der Waals surface area contributed by atoms with Gasteiger partial charge in [-0.2, -0.15) is 0 Å².